The SMILES string of the molecule is C1CC[CH]([PbH]([CH]2CCCCC2)[CH]2CCCCC2)CC1. The Morgan fingerprint density at radius 1 is 0.368 bits per heavy atom. The molecule has 1 heteroatoms. The maximum absolute atomic E-state index is 1.68. The van der Waals surface area contributed by atoms with Gasteiger partial charge in [0.15, 0.2) is 0 Å². The van der Waals surface area contributed by atoms with Gasteiger partial charge in [0.2, 0.25) is 0 Å². The average molecular weight is 458 g/mol. The van der Waals surface area contributed by atoms with Gasteiger partial charge in [-0.15, -0.1) is 0 Å². The summed E-state index contributed by atoms with van der Waals surface area (Å²) in [5.74, 6) is 0. The predicted octanol–water partition coefficient (Wildman–Crippen LogP) is 6.22. The molecule has 0 saturated heterocycles. The topological polar surface area (TPSA) is 0 Å². The zero-order valence-corrected chi connectivity index (χ0v) is 17.4. The molecule has 3 saturated carbocycles. The molecular weight excluding hydrogens is 423 g/mol. The molecule has 0 aromatic heterocycles. The van der Waals surface area contributed by atoms with Gasteiger partial charge < -0.3 is 0 Å². The molecule has 3 aliphatic carbocycles. The van der Waals surface area contributed by atoms with Crippen molar-refractivity contribution in [3.63, 3.8) is 0 Å². The molecule has 0 atom stereocenters. The van der Waals surface area contributed by atoms with Crippen LogP contribution in [-0.2, 0) is 0 Å². The van der Waals surface area contributed by atoms with Crippen LogP contribution in [0.25, 0.3) is 0 Å². The standard InChI is InChI=1S/3C6H11.Pb.H/c3*1-2-4-6-5-3-1;;/h3*1H,2-6H2;;. The molecule has 0 spiro atoms. The van der Waals surface area contributed by atoms with Gasteiger partial charge in [-0.25, -0.2) is 0 Å². The van der Waals surface area contributed by atoms with Crippen LogP contribution in [0.3, 0.4) is 0 Å². The van der Waals surface area contributed by atoms with E-state index in [0.717, 1.165) is 0 Å². The minimum atomic E-state index is -1.45. The molecule has 3 rings (SSSR count). The van der Waals surface area contributed by atoms with Crippen molar-refractivity contribution in [2.24, 2.45) is 0 Å². The summed E-state index contributed by atoms with van der Waals surface area (Å²) in [5.41, 5.74) is 0. The Labute approximate surface area is 129 Å². The molecule has 3 aliphatic rings. The first-order valence-electron chi connectivity index (χ1n) is 9.45. The van der Waals surface area contributed by atoms with E-state index in [4.69, 9.17) is 0 Å². The quantitative estimate of drug-likeness (QED) is 0.442. The van der Waals surface area contributed by atoms with Gasteiger partial charge in [-0.1, -0.05) is 0 Å². The van der Waals surface area contributed by atoms with Gasteiger partial charge in [-0.2, -0.15) is 0 Å². The second-order valence-electron chi connectivity index (χ2n) is 7.77. The Morgan fingerprint density at radius 2 is 0.632 bits per heavy atom. The Hall–Kier alpha value is 0.922. The van der Waals surface area contributed by atoms with E-state index >= 15 is 0 Å². The van der Waals surface area contributed by atoms with Crippen molar-refractivity contribution in [3.05, 3.63) is 0 Å². The van der Waals surface area contributed by atoms with Crippen LogP contribution in [0, 0.1) is 0 Å². The van der Waals surface area contributed by atoms with Crippen LogP contribution in [0.2, 0.25) is 10.4 Å². The zero-order chi connectivity index (χ0) is 12.9. The summed E-state index contributed by atoms with van der Waals surface area (Å²) in [6.45, 7) is 0. The van der Waals surface area contributed by atoms with Gasteiger partial charge in [-0.05, 0) is 0 Å². The van der Waals surface area contributed by atoms with Crippen molar-refractivity contribution in [3.8, 4) is 0 Å². The van der Waals surface area contributed by atoms with E-state index in [1.807, 2.05) is 0 Å². The van der Waals surface area contributed by atoms with E-state index in [1.165, 1.54) is 10.4 Å². The van der Waals surface area contributed by atoms with Crippen molar-refractivity contribution >= 4 is 22.7 Å². The molecule has 3 fully saturated rings. The summed E-state index contributed by atoms with van der Waals surface area (Å²) in [4.78, 5) is 0. The number of hydrogen-bond acceptors (Lipinski definition) is 0. The predicted molar refractivity (Wildman–Crippen MR) is 87.7 cm³/mol. The summed E-state index contributed by atoms with van der Waals surface area (Å²) in [6, 6.07) is 0. The van der Waals surface area contributed by atoms with Crippen molar-refractivity contribution in [1.29, 1.82) is 0 Å². The number of rotatable bonds is 3. The van der Waals surface area contributed by atoms with E-state index in [2.05, 4.69) is 0 Å². The third kappa shape index (κ3) is 3.97. The molecule has 110 valence electrons. The Morgan fingerprint density at radius 3 is 0.895 bits per heavy atom. The first-order chi connectivity index (χ1) is 9.45. The van der Waals surface area contributed by atoms with Gasteiger partial charge in [0.05, 0.1) is 0 Å². The summed E-state index contributed by atoms with van der Waals surface area (Å²) < 4.78 is 4.04. The molecule has 0 aliphatic heterocycles. The molecule has 19 heavy (non-hydrogen) atoms. The van der Waals surface area contributed by atoms with Crippen LogP contribution in [0.1, 0.15) is 96.3 Å². The van der Waals surface area contributed by atoms with Gasteiger partial charge in [0.1, 0.15) is 0 Å². The van der Waals surface area contributed by atoms with Crippen LogP contribution >= 0.6 is 0 Å². The van der Waals surface area contributed by atoms with E-state index in [1.54, 1.807) is 96.3 Å². The van der Waals surface area contributed by atoms with Crippen molar-refractivity contribution in [1.82, 2.24) is 0 Å². The van der Waals surface area contributed by atoms with Crippen LogP contribution in [0.5, 0.6) is 0 Å². The molecule has 0 aromatic carbocycles. The van der Waals surface area contributed by atoms with Gasteiger partial charge >= 0.3 is 129 Å². The van der Waals surface area contributed by atoms with E-state index in [-0.39, 0.29) is 0 Å². The minimum absolute atomic E-state index is 1.35. The summed E-state index contributed by atoms with van der Waals surface area (Å²) in [6.07, 6.45) is 24.4. The fraction of sp³-hybridized carbons (Fsp3) is 1.00. The van der Waals surface area contributed by atoms with E-state index in [0.29, 0.717) is 0 Å². The van der Waals surface area contributed by atoms with Crippen molar-refractivity contribution < 1.29 is 0 Å². The van der Waals surface area contributed by atoms with Gasteiger partial charge in [0, 0.05) is 0 Å². The normalized spacial score (nSPS) is 28.9. The molecule has 0 aromatic rings. The molecule has 0 N–H and O–H groups in total. The summed E-state index contributed by atoms with van der Waals surface area (Å²) >= 11 is -1.45. The molecule has 0 radical (unpaired) electrons. The summed E-state index contributed by atoms with van der Waals surface area (Å²) in [5, 5.41) is 0. The van der Waals surface area contributed by atoms with Crippen molar-refractivity contribution in [2.45, 2.75) is 107 Å². The third-order valence-corrected chi connectivity index (χ3v) is 27.1. The van der Waals surface area contributed by atoms with Crippen LogP contribution in [0.4, 0.5) is 0 Å². The average Bonchev–Trinajstić information content (AvgIpc) is 2.51. The molecule has 0 amide bonds. The zero-order valence-electron chi connectivity index (χ0n) is 12.9. The third-order valence-electron chi connectivity index (χ3n) is 6.58. The Balaban J connectivity index is 1.68. The second-order valence-corrected chi connectivity index (χ2v) is 23.3. The van der Waals surface area contributed by atoms with Crippen LogP contribution in [0.15, 0.2) is 0 Å². The Kier molecular flexibility index (Phi) is 6.09. The fourth-order valence-corrected chi connectivity index (χ4v) is 29.2. The fourth-order valence-electron chi connectivity index (χ4n) is 5.71. The molecule has 0 unspecified atom stereocenters. The van der Waals surface area contributed by atoms with Crippen LogP contribution < -0.4 is 0 Å². The monoisotopic (exact) mass is 458 g/mol. The van der Waals surface area contributed by atoms with E-state index < -0.39 is 22.7 Å². The van der Waals surface area contributed by atoms with Crippen LogP contribution in [-0.4, -0.2) is 22.7 Å². The first kappa shape index (κ1) is 14.8. The Bertz CT molecular complexity index is 202. The molecular formula is C18H34Pb. The van der Waals surface area contributed by atoms with Gasteiger partial charge in [0.25, 0.3) is 0 Å². The van der Waals surface area contributed by atoms with Crippen molar-refractivity contribution in [2.75, 3.05) is 0 Å². The van der Waals surface area contributed by atoms with E-state index in [9.17, 15) is 0 Å². The number of hydrogen-bond donors (Lipinski definition) is 0. The summed E-state index contributed by atoms with van der Waals surface area (Å²) in [7, 11) is 0. The maximum atomic E-state index is 1.68. The van der Waals surface area contributed by atoms with Gasteiger partial charge in [-0.3, -0.25) is 0 Å². The first-order valence-corrected chi connectivity index (χ1v) is 17.2. The molecule has 0 heterocycles. The second kappa shape index (κ2) is 7.80. The molecule has 0 bridgehead atoms. The molecule has 0 nitrogen and oxygen atoms in total.